The Morgan fingerprint density at radius 3 is 2.61 bits per heavy atom. The molecule has 0 atom stereocenters. The topological polar surface area (TPSA) is 58.4 Å². The lowest BCUT2D eigenvalue weighted by Gasteiger charge is -2.22. The first-order valence-electron chi connectivity index (χ1n) is 6.11. The van der Waals surface area contributed by atoms with Gasteiger partial charge in [-0.25, -0.2) is 0 Å². The number of rotatable bonds is 5. The molecule has 1 rings (SSSR count). The van der Waals surface area contributed by atoms with E-state index in [0.29, 0.717) is 18.7 Å². The van der Waals surface area contributed by atoms with Crippen molar-refractivity contribution >= 4 is 11.6 Å². The normalized spacial score (nSPS) is 11.2. The number of nitrogens with two attached hydrogens (primary N) is 1. The number of carbonyl (C=O) groups excluding carboxylic acids is 1. The number of amides is 1. The van der Waals surface area contributed by atoms with E-state index in [1.54, 1.807) is 0 Å². The lowest BCUT2D eigenvalue weighted by molar-refractivity contribution is 0.0938. The van der Waals surface area contributed by atoms with E-state index in [1.807, 2.05) is 57.1 Å². The Bertz CT molecular complexity index is 413. The van der Waals surface area contributed by atoms with E-state index in [9.17, 15) is 4.79 Å². The molecule has 1 aromatic carbocycles. The molecule has 0 aromatic heterocycles. The predicted molar refractivity (Wildman–Crippen MR) is 75.9 cm³/mol. The van der Waals surface area contributed by atoms with Gasteiger partial charge in [0.2, 0.25) is 0 Å². The molecule has 100 valence electrons. The summed E-state index contributed by atoms with van der Waals surface area (Å²) in [6, 6.07) is 7.56. The van der Waals surface area contributed by atoms with Crippen LogP contribution in [-0.4, -0.2) is 33.1 Å². The second-order valence-electron chi connectivity index (χ2n) is 5.50. The Kier molecular flexibility index (Phi) is 4.73. The zero-order chi connectivity index (χ0) is 13.8. The fraction of sp³-hybridized carbons (Fsp3) is 0.500. The highest BCUT2D eigenvalue weighted by molar-refractivity contribution is 5.95. The number of nitrogens with one attached hydrogen (secondary N) is 1. The van der Waals surface area contributed by atoms with E-state index in [4.69, 9.17) is 5.73 Å². The molecule has 18 heavy (non-hydrogen) atoms. The summed E-state index contributed by atoms with van der Waals surface area (Å²) in [5, 5.41) is 2.92. The maximum Gasteiger partial charge on any atom is 0.251 e. The molecule has 3 N–H and O–H groups in total. The largest absolute Gasteiger partial charge is 0.378 e. The van der Waals surface area contributed by atoms with Gasteiger partial charge in [-0.2, -0.15) is 0 Å². The van der Waals surface area contributed by atoms with Crippen molar-refractivity contribution in [2.75, 3.05) is 32.1 Å². The average Bonchev–Trinajstić information content (AvgIpc) is 2.36. The quantitative estimate of drug-likeness (QED) is 0.830. The molecule has 0 radical (unpaired) electrons. The molecule has 1 amide bonds. The summed E-state index contributed by atoms with van der Waals surface area (Å²) in [4.78, 5) is 14.0. The molecule has 0 aliphatic carbocycles. The Labute approximate surface area is 109 Å². The Morgan fingerprint density at radius 1 is 1.39 bits per heavy atom. The highest BCUT2D eigenvalue weighted by Crippen LogP contribution is 2.14. The zero-order valence-corrected chi connectivity index (χ0v) is 11.7. The van der Waals surface area contributed by atoms with Crippen molar-refractivity contribution in [3.8, 4) is 0 Å². The van der Waals surface area contributed by atoms with E-state index >= 15 is 0 Å². The standard InChI is InChI=1S/C14H23N3O/c1-14(2,9-15)10-16-13(18)11-6-5-7-12(8-11)17(3)4/h5-8H,9-10,15H2,1-4H3,(H,16,18). The van der Waals surface area contributed by atoms with Gasteiger partial charge in [0.15, 0.2) is 0 Å². The lowest BCUT2D eigenvalue weighted by atomic mass is 9.94. The molecule has 4 nitrogen and oxygen atoms in total. The van der Waals surface area contributed by atoms with E-state index in [-0.39, 0.29) is 11.3 Å². The minimum absolute atomic E-state index is 0.0553. The van der Waals surface area contributed by atoms with Crippen LogP contribution in [0.15, 0.2) is 24.3 Å². The van der Waals surface area contributed by atoms with Crippen molar-refractivity contribution < 1.29 is 4.79 Å². The molecule has 0 saturated carbocycles. The van der Waals surface area contributed by atoms with Crippen LogP contribution in [0.5, 0.6) is 0 Å². The summed E-state index contributed by atoms with van der Waals surface area (Å²) in [6.45, 7) is 5.19. The minimum Gasteiger partial charge on any atom is -0.378 e. The van der Waals surface area contributed by atoms with Crippen LogP contribution in [0.1, 0.15) is 24.2 Å². The minimum atomic E-state index is -0.0746. The third kappa shape index (κ3) is 4.04. The number of benzene rings is 1. The maximum absolute atomic E-state index is 12.0. The maximum atomic E-state index is 12.0. The molecule has 0 unspecified atom stereocenters. The van der Waals surface area contributed by atoms with Crippen molar-refractivity contribution in [3.05, 3.63) is 29.8 Å². The highest BCUT2D eigenvalue weighted by atomic mass is 16.1. The van der Waals surface area contributed by atoms with Crippen LogP contribution in [-0.2, 0) is 0 Å². The van der Waals surface area contributed by atoms with Crippen LogP contribution >= 0.6 is 0 Å². The van der Waals surface area contributed by atoms with E-state index in [0.717, 1.165) is 5.69 Å². The van der Waals surface area contributed by atoms with Crippen molar-refractivity contribution in [2.45, 2.75) is 13.8 Å². The molecule has 0 aliphatic heterocycles. The molecule has 0 fully saturated rings. The van der Waals surface area contributed by atoms with Crippen LogP contribution in [0.2, 0.25) is 0 Å². The predicted octanol–water partition coefficient (Wildman–Crippen LogP) is 1.47. The van der Waals surface area contributed by atoms with E-state index in [2.05, 4.69) is 5.32 Å². The summed E-state index contributed by atoms with van der Waals surface area (Å²) in [7, 11) is 3.91. The van der Waals surface area contributed by atoms with Gasteiger partial charge in [0.05, 0.1) is 0 Å². The molecule has 4 heteroatoms. The average molecular weight is 249 g/mol. The summed E-state index contributed by atoms with van der Waals surface area (Å²) >= 11 is 0. The number of hydrogen-bond acceptors (Lipinski definition) is 3. The van der Waals surface area contributed by atoms with Gasteiger partial charge >= 0.3 is 0 Å². The highest BCUT2D eigenvalue weighted by Gasteiger charge is 2.17. The summed E-state index contributed by atoms with van der Waals surface area (Å²) in [5.74, 6) is -0.0553. The van der Waals surface area contributed by atoms with Gasteiger partial charge in [-0.3, -0.25) is 4.79 Å². The molecule has 0 saturated heterocycles. The van der Waals surface area contributed by atoms with E-state index in [1.165, 1.54) is 0 Å². The molecule has 0 aliphatic rings. The van der Waals surface area contributed by atoms with Crippen molar-refractivity contribution in [2.24, 2.45) is 11.1 Å². The summed E-state index contributed by atoms with van der Waals surface area (Å²) in [6.07, 6.45) is 0. The third-order valence-electron chi connectivity index (χ3n) is 2.90. The molecule has 0 heterocycles. The molecular formula is C14H23N3O. The van der Waals surface area contributed by atoms with Gasteiger partial charge in [0.25, 0.3) is 5.91 Å². The first kappa shape index (κ1) is 14.5. The van der Waals surface area contributed by atoms with Gasteiger partial charge < -0.3 is 16.0 Å². The third-order valence-corrected chi connectivity index (χ3v) is 2.90. The van der Waals surface area contributed by atoms with Gasteiger partial charge in [-0.05, 0) is 30.2 Å². The van der Waals surface area contributed by atoms with Crippen LogP contribution in [0, 0.1) is 5.41 Å². The zero-order valence-electron chi connectivity index (χ0n) is 11.7. The first-order chi connectivity index (χ1) is 8.35. The van der Waals surface area contributed by atoms with Crippen molar-refractivity contribution in [3.63, 3.8) is 0 Å². The fourth-order valence-corrected chi connectivity index (χ4v) is 1.42. The number of anilines is 1. The number of carbonyl (C=O) groups is 1. The molecule has 1 aromatic rings. The Balaban J connectivity index is 2.70. The number of nitrogens with zero attached hydrogens (tertiary/aromatic N) is 1. The SMILES string of the molecule is CN(C)c1cccc(C(=O)NCC(C)(C)CN)c1. The smallest absolute Gasteiger partial charge is 0.251 e. The fourth-order valence-electron chi connectivity index (χ4n) is 1.42. The van der Waals surface area contributed by atoms with Crippen LogP contribution in [0.4, 0.5) is 5.69 Å². The summed E-state index contributed by atoms with van der Waals surface area (Å²) in [5.41, 5.74) is 7.25. The van der Waals surface area contributed by atoms with Crippen LogP contribution in [0.3, 0.4) is 0 Å². The second kappa shape index (κ2) is 5.87. The lowest BCUT2D eigenvalue weighted by Crippen LogP contribution is -2.38. The van der Waals surface area contributed by atoms with Gasteiger partial charge in [-0.15, -0.1) is 0 Å². The van der Waals surface area contributed by atoms with Crippen molar-refractivity contribution in [1.82, 2.24) is 5.32 Å². The first-order valence-corrected chi connectivity index (χ1v) is 6.11. The van der Waals surface area contributed by atoms with Gasteiger partial charge in [-0.1, -0.05) is 19.9 Å². The summed E-state index contributed by atoms with van der Waals surface area (Å²) < 4.78 is 0. The monoisotopic (exact) mass is 249 g/mol. The van der Waals surface area contributed by atoms with Gasteiger partial charge in [0.1, 0.15) is 0 Å². The molecular weight excluding hydrogens is 226 g/mol. The molecule has 0 bridgehead atoms. The van der Waals surface area contributed by atoms with Crippen LogP contribution < -0.4 is 16.0 Å². The Hall–Kier alpha value is -1.55. The number of hydrogen-bond donors (Lipinski definition) is 2. The molecule has 0 spiro atoms. The van der Waals surface area contributed by atoms with Crippen molar-refractivity contribution in [1.29, 1.82) is 0 Å². The Morgan fingerprint density at radius 2 is 2.06 bits per heavy atom. The van der Waals surface area contributed by atoms with Gasteiger partial charge in [0, 0.05) is 31.9 Å². The second-order valence-corrected chi connectivity index (χ2v) is 5.50. The van der Waals surface area contributed by atoms with E-state index < -0.39 is 0 Å². The van der Waals surface area contributed by atoms with Crippen LogP contribution in [0.25, 0.3) is 0 Å².